The molecule has 7 nitrogen and oxygen atoms in total. The first kappa shape index (κ1) is 16.7. The zero-order chi connectivity index (χ0) is 15.6. The Balaban J connectivity index is 2.17. The SMILES string of the molecule is CCC1COC(C)CN1S(=O)(=O)N1CCCC(C(=O)O)C1. The first-order valence-electron chi connectivity index (χ1n) is 7.47. The Labute approximate surface area is 126 Å². The van der Waals surface area contributed by atoms with Gasteiger partial charge in [0.15, 0.2) is 0 Å². The lowest BCUT2D eigenvalue weighted by atomic mass is 10.0. The number of morpholine rings is 1. The van der Waals surface area contributed by atoms with E-state index in [1.807, 2.05) is 13.8 Å². The summed E-state index contributed by atoms with van der Waals surface area (Å²) in [7, 11) is -3.62. The van der Waals surface area contributed by atoms with Gasteiger partial charge in [0.05, 0.1) is 18.6 Å². The van der Waals surface area contributed by atoms with Gasteiger partial charge in [0, 0.05) is 25.7 Å². The highest BCUT2D eigenvalue weighted by molar-refractivity contribution is 7.86. The average Bonchev–Trinajstić information content (AvgIpc) is 2.47. The van der Waals surface area contributed by atoms with Crippen molar-refractivity contribution in [2.24, 2.45) is 5.92 Å². The van der Waals surface area contributed by atoms with Crippen LogP contribution in [0.25, 0.3) is 0 Å². The van der Waals surface area contributed by atoms with Crippen LogP contribution in [0, 0.1) is 5.92 Å². The Morgan fingerprint density at radius 2 is 2.10 bits per heavy atom. The molecule has 21 heavy (non-hydrogen) atoms. The molecule has 1 N–H and O–H groups in total. The van der Waals surface area contributed by atoms with Gasteiger partial charge in [-0.05, 0) is 26.2 Å². The van der Waals surface area contributed by atoms with Crippen LogP contribution in [-0.4, -0.2) is 66.5 Å². The summed E-state index contributed by atoms with van der Waals surface area (Å²) in [6, 6.07) is -0.170. The predicted octanol–water partition coefficient (Wildman–Crippen LogP) is 0.527. The zero-order valence-electron chi connectivity index (χ0n) is 12.6. The number of carboxylic acid groups (broad SMARTS) is 1. The van der Waals surface area contributed by atoms with E-state index in [1.54, 1.807) is 0 Å². The van der Waals surface area contributed by atoms with Crippen LogP contribution in [0.3, 0.4) is 0 Å². The van der Waals surface area contributed by atoms with Crippen LogP contribution in [0.4, 0.5) is 0 Å². The van der Waals surface area contributed by atoms with Gasteiger partial charge < -0.3 is 9.84 Å². The van der Waals surface area contributed by atoms with Crippen LogP contribution < -0.4 is 0 Å². The molecule has 2 heterocycles. The highest BCUT2D eigenvalue weighted by Crippen LogP contribution is 2.25. The molecule has 0 aromatic carbocycles. The molecule has 2 aliphatic heterocycles. The molecule has 2 rings (SSSR count). The molecule has 122 valence electrons. The Bertz CT molecular complexity index is 481. The third-order valence-corrected chi connectivity index (χ3v) is 6.27. The van der Waals surface area contributed by atoms with E-state index >= 15 is 0 Å². The van der Waals surface area contributed by atoms with E-state index in [4.69, 9.17) is 9.84 Å². The van der Waals surface area contributed by atoms with E-state index in [9.17, 15) is 13.2 Å². The van der Waals surface area contributed by atoms with E-state index in [0.717, 1.165) is 0 Å². The molecular weight excluding hydrogens is 296 g/mol. The molecule has 3 unspecified atom stereocenters. The molecule has 2 fully saturated rings. The van der Waals surface area contributed by atoms with Crippen molar-refractivity contribution in [1.82, 2.24) is 8.61 Å². The van der Waals surface area contributed by atoms with E-state index in [-0.39, 0.29) is 18.7 Å². The molecule has 2 saturated heterocycles. The van der Waals surface area contributed by atoms with Crippen LogP contribution in [0.5, 0.6) is 0 Å². The Morgan fingerprint density at radius 1 is 1.38 bits per heavy atom. The number of nitrogens with zero attached hydrogens (tertiary/aromatic N) is 2. The Hall–Kier alpha value is -0.700. The minimum atomic E-state index is -3.62. The average molecular weight is 320 g/mol. The summed E-state index contributed by atoms with van der Waals surface area (Å²) in [5.41, 5.74) is 0. The number of ether oxygens (including phenoxy) is 1. The lowest BCUT2D eigenvalue weighted by Crippen LogP contribution is -2.57. The smallest absolute Gasteiger partial charge is 0.307 e. The van der Waals surface area contributed by atoms with Crippen LogP contribution in [0.2, 0.25) is 0 Å². The summed E-state index contributed by atoms with van der Waals surface area (Å²) in [4.78, 5) is 11.1. The molecule has 3 atom stereocenters. The molecule has 0 bridgehead atoms. The van der Waals surface area contributed by atoms with E-state index in [2.05, 4.69) is 0 Å². The number of hydrogen-bond acceptors (Lipinski definition) is 4. The second kappa shape index (κ2) is 6.60. The van der Waals surface area contributed by atoms with Crippen LogP contribution >= 0.6 is 0 Å². The van der Waals surface area contributed by atoms with Crippen molar-refractivity contribution < 1.29 is 23.1 Å². The number of carboxylic acids is 1. The second-order valence-electron chi connectivity index (χ2n) is 5.82. The highest BCUT2D eigenvalue weighted by atomic mass is 32.2. The maximum atomic E-state index is 12.8. The molecule has 0 radical (unpaired) electrons. The van der Waals surface area contributed by atoms with Gasteiger partial charge in [0.25, 0.3) is 10.2 Å². The fraction of sp³-hybridized carbons (Fsp3) is 0.923. The number of rotatable bonds is 4. The summed E-state index contributed by atoms with van der Waals surface area (Å²) in [6.07, 6.45) is 1.68. The summed E-state index contributed by atoms with van der Waals surface area (Å²) in [5.74, 6) is -1.52. The highest BCUT2D eigenvalue weighted by Gasteiger charge is 2.40. The molecular formula is C13H24N2O5S. The molecule has 8 heteroatoms. The van der Waals surface area contributed by atoms with E-state index in [0.29, 0.717) is 39.0 Å². The molecule has 0 amide bonds. The molecule has 0 aliphatic carbocycles. The topological polar surface area (TPSA) is 87.2 Å². The quantitative estimate of drug-likeness (QED) is 0.816. The molecule has 0 saturated carbocycles. The van der Waals surface area contributed by atoms with Crippen molar-refractivity contribution in [3.05, 3.63) is 0 Å². The van der Waals surface area contributed by atoms with Gasteiger partial charge in [-0.2, -0.15) is 17.0 Å². The van der Waals surface area contributed by atoms with Gasteiger partial charge in [-0.1, -0.05) is 6.92 Å². The minimum Gasteiger partial charge on any atom is -0.481 e. The fourth-order valence-electron chi connectivity index (χ4n) is 2.92. The Kier molecular flexibility index (Phi) is 5.24. The minimum absolute atomic E-state index is 0.0693. The maximum absolute atomic E-state index is 12.8. The van der Waals surface area contributed by atoms with Gasteiger partial charge >= 0.3 is 5.97 Å². The number of carbonyl (C=O) groups is 1. The fourth-order valence-corrected chi connectivity index (χ4v) is 4.93. The van der Waals surface area contributed by atoms with Gasteiger partial charge in [-0.3, -0.25) is 4.79 Å². The van der Waals surface area contributed by atoms with Crippen LogP contribution in [-0.2, 0) is 19.7 Å². The van der Waals surface area contributed by atoms with Crippen molar-refractivity contribution in [3.8, 4) is 0 Å². The predicted molar refractivity (Wildman–Crippen MR) is 77.1 cm³/mol. The molecule has 0 aromatic heterocycles. The summed E-state index contributed by atoms with van der Waals surface area (Å²) >= 11 is 0. The normalized spacial score (nSPS) is 33.0. The number of aliphatic carboxylic acids is 1. The van der Waals surface area contributed by atoms with Gasteiger partial charge in [0.2, 0.25) is 0 Å². The standard InChI is InChI=1S/C13H24N2O5S/c1-3-12-9-20-10(2)7-15(12)21(18,19)14-6-4-5-11(8-14)13(16)17/h10-12H,3-9H2,1-2H3,(H,16,17). The lowest BCUT2D eigenvalue weighted by molar-refractivity contribution is -0.142. The van der Waals surface area contributed by atoms with Crippen molar-refractivity contribution in [2.75, 3.05) is 26.2 Å². The largest absolute Gasteiger partial charge is 0.481 e. The lowest BCUT2D eigenvalue weighted by Gasteiger charge is -2.41. The van der Waals surface area contributed by atoms with Gasteiger partial charge in [-0.25, -0.2) is 0 Å². The zero-order valence-corrected chi connectivity index (χ0v) is 13.4. The molecule has 0 spiro atoms. The second-order valence-corrected chi connectivity index (χ2v) is 7.70. The van der Waals surface area contributed by atoms with Crippen molar-refractivity contribution in [2.45, 2.75) is 45.3 Å². The van der Waals surface area contributed by atoms with Crippen LogP contribution in [0.15, 0.2) is 0 Å². The summed E-state index contributed by atoms with van der Waals surface area (Å²) in [6.45, 7) is 4.98. The maximum Gasteiger partial charge on any atom is 0.307 e. The van der Waals surface area contributed by atoms with E-state index < -0.39 is 22.1 Å². The summed E-state index contributed by atoms with van der Waals surface area (Å²) < 4.78 is 34.0. The van der Waals surface area contributed by atoms with Crippen LogP contribution in [0.1, 0.15) is 33.1 Å². The third kappa shape index (κ3) is 3.56. The van der Waals surface area contributed by atoms with Crippen molar-refractivity contribution >= 4 is 16.2 Å². The van der Waals surface area contributed by atoms with Crippen molar-refractivity contribution in [3.63, 3.8) is 0 Å². The monoisotopic (exact) mass is 320 g/mol. The number of hydrogen-bond donors (Lipinski definition) is 1. The number of piperidine rings is 1. The first-order chi connectivity index (χ1) is 9.86. The molecule has 0 aromatic rings. The molecule has 2 aliphatic rings. The van der Waals surface area contributed by atoms with Gasteiger partial charge in [0.1, 0.15) is 0 Å². The Morgan fingerprint density at radius 3 is 2.71 bits per heavy atom. The van der Waals surface area contributed by atoms with Crippen molar-refractivity contribution in [1.29, 1.82) is 0 Å². The first-order valence-corrected chi connectivity index (χ1v) is 8.87. The third-order valence-electron chi connectivity index (χ3n) is 4.24. The van der Waals surface area contributed by atoms with E-state index in [1.165, 1.54) is 8.61 Å². The summed E-state index contributed by atoms with van der Waals surface area (Å²) in [5, 5.41) is 9.12. The van der Waals surface area contributed by atoms with Gasteiger partial charge in [-0.15, -0.1) is 0 Å².